The summed E-state index contributed by atoms with van der Waals surface area (Å²) < 4.78 is 23.1. The molecule has 3 rings (SSSR count). The van der Waals surface area contributed by atoms with Crippen molar-refractivity contribution in [3.8, 4) is 0 Å². The molecule has 1 heterocycles. The van der Waals surface area contributed by atoms with Gasteiger partial charge in [0, 0.05) is 29.9 Å². The number of benzene rings is 2. The topological polar surface area (TPSA) is 80.5 Å². The Balaban J connectivity index is 1.89. The first-order valence-corrected chi connectivity index (χ1v) is 9.16. The van der Waals surface area contributed by atoms with Gasteiger partial charge >= 0.3 is 0 Å². The van der Waals surface area contributed by atoms with Gasteiger partial charge in [-0.1, -0.05) is 23.8 Å². The average Bonchev–Trinajstić information content (AvgIpc) is 3.08. The Morgan fingerprint density at radius 1 is 1.00 bits per heavy atom. The van der Waals surface area contributed by atoms with Crippen molar-refractivity contribution in [3.05, 3.63) is 70.8 Å². The summed E-state index contributed by atoms with van der Waals surface area (Å²) in [5.74, 6) is -0.289. The molecule has 0 amide bonds. The molecule has 1 aliphatic rings. The molecule has 2 aromatic rings. The fourth-order valence-corrected chi connectivity index (χ4v) is 3.61. The molecule has 124 valence electrons. The van der Waals surface area contributed by atoms with Gasteiger partial charge in [0.05, 0.1) is 5.02 Å². The number of primary sulfonamides is 1. The fraction of sp³-hybridized carbons (Fsp3) is 0.118. The van der Waals surface area contributed by atoms with Gasteiger partial charge in [0.15, 0.2) is 5.78 Å². The molecule has 24 heavy (non-hydrogen) atoms. The van der Waals surface area contributed by atoms with Crippen LogP contribution in [0, 0.1) is 0 Å². The van der Waals surface area contributed by atoms with E-state index in [0.717, 1.165) is 18.8 Å². The van der Waals surface area contributed by atoms with Gasteiger partial charge in [-0.25, -0.2) is 13.6 Å². The number of ketones is 1. The second kappa shape index (κ2) is 6.39. The van der Waals surface area contributed by atoms with E-state index in [1.54, 1.807) is 12.1 Å². The zero-order chi connectivity index (χ0) is 17.3. The summed E-state index contributed by atoms with van der Waals surface area (Å²) in [6, 6.07) is 11.2. The number of rotatable bonds is 4. The van der Waals surface area contributed by atoms with Crippen LogP contribution in [0.2, 0.25) is 5.02 Å². The molecule has 2 N–H and O–H groups in total. The van der Waals surface area contributed by atoms with E-state index in [0.29, 0.717) is 5.56 Å². The number of nitrogens with two attached hydrogens (primary N) is 1. The van der Waals surface area contributed by atoms with Crippen LogP contribution >= 0.6 is 11.6 Å². The summed E-state index contributed by atoms with van der Waals surface area (Å²) in [4.78, 5) is 14.5. The van der Waals surface area contributed by atoms with Crippen LogP contribution in [-0.2, 0) is 10.0 Å². The molecule has 1 aliphatic heterocycles. The lowest BCUT2D eigenvalue weighted by Crippen LogP contribution is -2.18. The third-order valence-electron chi connectivity index (χ3n) is 3.81. The highest BCUT2D eigenvalue weighted by Gasteiger charge is 2.17. The van der Waals surface area contributed by atoms with Crippen molar-refractivity contribution in [2.45, 2.75) is 4.90 Å². The van der Waals surface area contributed by atoms with Crippen LogP contribution in [0.3, 0.4) is 0 Å². The standard InChI is InChI=1S/C17H15ClN2O3S/c18-15-8-5-13(11-16(15)24(19,22)23)17(21)12-3-6-14(7-4-12)20-9-1-2-10-20/h1-8,11H,9-10H2,(H2,19,22,23). The third-order valence-corrected chi connectivity index (χ3v) is 5.21. The Morgan fingerprint density at radius 3 is 2.17 bits per heavy atom. The molecule has 0 saturated heterocycles. The molecule has 2 aromatic carbocycles. The quantitative estimate of drug-likeness (QED) is 0.669. The minimum atomic E-state index is -3.99. The molecular weight excluding hydrogens is 348 g/mol. The van der Waals surface area contributed by atoms with Crippen molar-refractivity contribution in [3.63, 3.8) is 0 Å². The van der Waals surface area contributed by atoms with E-state index in [4.69, 9.17) is 16.7 Å². The minimum absolute atomic E-state index is 0.00840. The van der Waals surface area contributed by atoms with E-state index in [1.807, 2.05) is 12.1 Å². The van der Waals surface area contributed by atoms with Gasteiger partial charge in [0.25, 0.3) is 0 Å². The van der Waals surface area contributed by atoms with Crippen LogP contribution < -0.4 is 10.0 Å². The third kappa shape index (κ3) is 3.36. The van der Waals surface area contributed by atoms with E-state index in [2.05, 4.69) is 17.1 Å². The summed E-state index contributed by atoms with van der Waals surface area (Å²) in [6.07, 6.45) is 4.17. The maximum absolute atomic E-state index is 12.6. The molecule has 0 bridgehead atoms. The van der Waals surface area contributed by atoms with Crippen molar-refractivity contribution in [2.24, 2.45) is 5.14 Å². The van der Waals surface area contributed by atoms with Crippen LogP contribution in [0.1, 0.15) is 15.9 Å². The Hall–Kier alpha value is -2.15. The number of hydrogen-bond donors (Lipinski definition) is 1. The smallest absolute Gasteiger partial charge is 0.239 e. The van der Waals surface area contributed by atoms with Gasteiger partial charge in [-0.2, -0.15) is 0 Å². The molecule has 0 unspecified atom stereocenters. The molecule has 0 aliphatic carbocycles. The van der Waals surface area contributed by atoms with Crippen molar-refractivity contribution in [1.29, 1.82) is 0 Å². The molecule has 0 atom stereocenters. The first kappa shape index (κ1) is 16.7. The van der Waals surface area contributed by atoms with Gasteiger partial charge in [0.2, 0.25) is 10.0 Å². The number of anilines is 1. The molecule has 0 spiro atoms. The van der Waals surface area contributed by atoms with E-state index in [9.17, 15) is 13.2 Å². The van der Waals surface area contributed by atoms with Crippen molar-refractivity contribution in [2.75, 3.05) is 18.0 Å². The van der Waals surface area contributed by atoms with Gasteiger partial charge < -0.3 is 4.90 Å². The monoisotopic (exact) mass is 362 g/mol. The van der Waals surface area contributed by atoms with Crippen molar-refractivity contribution in [1.82, 2.24) is 0 Å². The summed E-state index contributed by atoms with van der Waals surface area (Å²) in [6.45, 7) is 1.70. The highest BCUT2D eigenvalue weighted by molar-refractivity contribution is 7.89. The Labute approximate surface area is 145 Å². The van der Waals surface area contributed by atoms with E-state index in [-0.39, 0.29) is 21.3 Å². The fourth-order valence-electron chi connectivity index (χ4n) is 2.54. The summed E-state index contributed by atoms with van der Waals surface area (Å²) in [5.41, 5.74) is 1.71. The largest absolute Gasteiger partial charge is 0.364 e. The minimum Gasteiger partial charge on any atom is -0.364 e. The summed E-state index contributed by atoms with van der Waals surface area (Å²) in [7, 11) is -3.99. The van der Waals surface area contributed by atoms with Crippen LogP contribution in [0.4, 0.5) is 5.69 Å². The second-order valence-electron chi connectivity index (χ2n) is 5.44. The lowest BCUT2D eigenvalue weighted by molar-refractivity contribution is 0.103. The molecule has 0 saturated carbocycles. The average molecular weight is 363 g/mol. The highest BCUT2D eigenvalue weighted by Crippen LogP contribution is 2.24. The van der Waals surface area contributed by atoms with Crippen LogP contribution in [-0.4, -0.2) is 27.3 Å². The maximum atomic E-state index is 12.6. The number of halogens is 1. The summed E-state index contributed by atoms with van der Waals surface area (Å²) >= 11 is 5.84. The number of hydrogen-bond acceptors (Lipinski definition) is 4. The molecule has 5 nitrogen and oxygen atoms in total. The number of carbonyl (C=O) groups excluding carboxylic acids is 1. The van der Waals surface area contributed by atoms with E-state index >= 15 is 0 Å². The molecule has 0 aromatic heterocycles. The molecular formula is C17H15ClN2O3S. The molecule has 7 heteroatoms. The maximum Gasteiger partial charge on any atom is 0.239 e. The second-order valence-corrected chi connectivity index (χ2v) is 7.38. The summed E-state index contributed by atoms with van der Waals surface area (Å²) in [5, 5.41) is 5.11. The SMILES string of the molecule is NS(=O)(=O)c1cc(C(=O)c2ccc(N3CC=CC3)cc2)ccc1Cl. The number of sulfonamides is 1. The molecule has 0 fully saturated rings. The zero-order valence-corrected chi connectivity index (χ0v) is 14.2. The van der Waals surface area contributed by atoms with Crippen LogP contribution in [0.25, 0.3) is 0 Å². The van der Waals surface area contributed by atoms with Gasteiger partial charge in [-0.3, -0.25) is 4.79 Å². The zero-order valence-electron chi connectivity index (χ0n) is 12.6. The Morgan fingerprint density at radius 2 is 1.58 bits per heavy atom. The van der Waals surface area contributed by atoms with E-state index in [1.165, 1.54) is 18.2 Å². The highest BCUT2D eigenvalue weighted by atomic mass is 35.5. The van der Waals surface area contributed by atoms with Crippen LogP contribution in [0.15, 0.2) is 59.5 Å². The van der Waals surface area contributed by atoms with Gasteiger partial charge in [-0.05, 0) is 42.5 Å². The van der Waals surface area contributed by atoms with Crippen LogP contribution in [0.5, 0.6) is 0 Å². The predicted molar refractivity (Wildman–Crippen MR) is 94.1 cm³/mol. The van der Waals surface area contributed by atoms with Crippen molar-refractivity contribution < 1.29 is 13.2 Å². The molecule has 0 radical (unpaired) electrons. The Kier molecular flexibility index (Phi) is 4.45. The van der Waals surface area contributed by atoms with Crippen molar-refractivity contribution >= 4 is 33.1 Å². The first-order chi connectivity index (χ1) is 11.4. The predicted octanol–water partition coefficient (Wildman–Crippen LogP) is 2.59. The Bertz CT molecular complexity index is 913. The first-order valence-electron chi connectivity index (χ1n) is 7.23. The van der Waals surface area contributed by atoms with Gasteiger partial charge in [-0.15, -0.1) is 0 Å². The lowest BCUT2D eigenvalue weighted by Gasteiger charge is -2.17. The van der Waals surface area contributed by atoms with E-state index < -0.39 is 10.0 Å². The number of nitrogens with zero attached hydrogens (tertiary/aromatic N) is 1. The normalized spacial score (nSPS) is 14.2. The van der Waals surface area contributed by atoms with Gasteiger partial charge in [0.1, 0.15) is 4.90 Å². The lowest BCUT2D eigenvalue weighted by atomic mass is 10.0. The number of carbonyl (C=O) groups is 1.